The van der Waals surface area contributed by atoms with Crippen molar-refractivity contribution in [3.63, 3.8) is 0 Å². The number of likely N-dealkylation sites (tertiary alicyclic amines) is 1. The topological polar surface area (TPSA) is 12.5 Å². The maximum absolute atomic E-state index is 6.07. The number of hydrogen-bond donors (Lipinski definition) is 0. The van der Waals surface area contributed by atoms with E-state index in [4.69, 9.17) is 4.74 Å². The van der Waals surface area contributed by atoms with Gasteiger partial charge in [-0.1, -0.05) is 46.2 Å². The van der Waals surface area contributed by atoms with Crippen molar-refractivity contribution in [3.8, 4) is 5.75 Å². The highest BCUT2D eigenvalue weighted by atomic mass is 16.5. The molecule has 2 atom stereocenters. The number of rotatable bonds is 5. The maximum atomic E-state index is 6.07. The van der Waals surface area contributed by atoms with Crippen LogP contribution in [0, 0.1) is 5.92 Å². The third kappa shape index (κ3) is 4.74. The minimum Gasteiger partial charge on any atom is -0.489 e. The van der Waals surface area contributed by atoms with Gasteiger partial charge in [-0.05, 0) is 48.9 Å². The smallest absolute Gasteiger partial charge is 0.119 e. The van der Waals surface area contributed by atoms with Crippen molar-refractivity contribution in [2.24, 2.45) is 5.92 Å². The number of benzene rings is 1. The minimum atomic E-state index is 0.203. The average Bonchev–Trinajstić information content (AvgIpc) is 2.85. The highest BCUT2D eigenvalue weighted by molar-refractivity contribution is 5.31. The van der Waals surface area contributed by atoms with Gasteiger partial charge < -0.3 is 4.74 Å². The summed E-state index contributed by atoms with van der Waals surface area (Å²) in [4.78, 5) is 2.54. The van der Waals surface area contributed by atoms with Crippen molar-refractivity contribution < 1.29 is 4.74 Å². The molecule has 0 spiro atoms. The van der Waals surface area contributed by atoms with Gasteiger partial charge in [-0.2, -0.15) is 0 Å². The summed E-state index contributed by atoms with van der Waals surface area (Å²) in [6.07, 6.45) is 2.91. The van der Waals surface area contributed by atoms with Crippen LogP contribution in [0.15, 0.2) is 24.3 Å². The molecule has 2 heteroatoms. The Morgan fingerprint density at radius 2 is 1.90 bits per heavy atom. The summed E-state index contributed by atoms with van der Waals surface area (Å²) in [5.74, 6) is 1.88. The molecule has 1 aliphatic heterocycles. The molecule has 0 amide bonds. The van der Waals surface area contributed by atoms with Gasteiger partial charge in [0.15, 0.2) is 0 Å². The molecule has 2 nitrogen and oxygen atoms in total. The second-order valence-corrected chi connectivity index (χ2v) is 7.53. The molecule has 0 N–H and O–H groups in total. The third-order valence-corrected chi connectivity index (χ3v) is 4.52. The molecule has 0 radical (unpaired) electrons. The fourth-order valence-electron chi connectivity index (χ4n) is 3.08. The first-order valence-corrected chi connectivity index (χ1v) is 8.38. The van der Waals surface area contributed by atoms with Crippen LogP contribution < -0.4 is 4.74 Å². The van der Waals surface area contributed by atoms with Crippen molar-refractivity contribution in [1.29, 1.82) is 0 Å². The van der Waals surface area contributed by atoms with Gasteiger partial charge in [0.25, 0.3) is 0 Å². The van der Waals surface area contributed by atoms with E-state index in [1.807, 2.05) is 0 Å². The normalized spacial score (nSPS) is 21.5. The van der Waals surface area contributed by atoms with Gasteiger partial charge >= 0.3 is 0 Å². The van der Waals surface area contributed by atoms with E-state index in [1.165, 1.54) is 31.5 Å². The predicted molar refractivity (Wildman–Crippen MR) is 90.1 cm³/mol. The molecule has 2 rings (SSSR count). The molecule has 1 aromatic carbocycles. The summed E-state index contributed by atoms with van der Waals surface area (Å²) >= 11 is 0. The fraction of sp³-hybridized carbons (Fsp3) is 0.684. The van der Waals surface area contributed by atoms with Crippen molar-refractivity contribution >= 4 is 0 Å². The van der Waals surface area contributed by atoms with E-state index in [1.54, 1.807) is 0 Å². The van der Waals surface area contributed by atoms with Gasteiger partial charge in [-0.3, -0.25) is 4.90 Å². The molecule has 21 heavy (non-hydrogen) atoms. The van der Waals surface area contributed by atoms with E-state index >= 15 is 0 Å². The van der Waals surface area contributed by atoms with Gasteiger partial charge in [0.05, 0.1) is 0 Å². The van der Waals surface area contributed by atoms with Crippen LogP contribution in [0.3, 0.4) is 0 Å². The Labute approximate surface area is 130 Å². The Balaban J connectivity index is 1.84. The SMILES string of the molecule is CC[C@H]1CCN(CC(C)Oc2ccc(C(C)(C)C)cc2)C1. The van der Waals surface area contributed by atoms with Crippen LogP contribution in [0.4, 0.5) is 0 Å². The molecule has 1 heterocycles. The Kier molecular flexibility index (Phi) is 5.32. The monoisotopic (exact) mass is 289 g/mol. The molecule has 0 aromatic heterocycles. The maximum Gasteiger partial charge on any atom is 0.119 e. The Hall–Kier alpha value is -1.02. The van der Waals surface area contributed by atoms with Crippen LogP contribution in [-0.2, 0) is 5.41 Å². The van der Waals surface area contributed by atoms with E-state index in [0.29, 0.717) is 0 Å². The average molecular weight is 289 g/mol. The second kappa shape index (κ2) is 6.83. The lowest BCUT2D eigenvalue weighted by Crippen LogP contribution is -2.32. The van der Waals surface area contributed by atoms with E-state index in [-0.39, 0.29) is 11.5 Å². The molecule has 0 bridgehead atoms. The van der Waals surface area contributed by atoms with E-state index in [9.17, 15) is 0 Å². The van der Waals surface area contributed by atoms with Crippen molar-refractivity contribution in [2.75, 3.05) is 19.6 Å². The van der Waals surface area contributed by atoms with Gasteiger partial charge in [0.1, 0.15) is 11.9 Å². The zero-order valence-corrected chi connectivity index (χ0v) is 14.4. The third-order valence-electron chi connectivity index (χ3n) is 4.52. The van der Waals surface area contributed by atoms with Gasteiger partial charge in [-0.15, -0.1) is 0 Å². The molecule has 0 saturated carbocycles. The van der Waals surface area contributed by atoms with Crippen LogP contribution in [0.1, 0.15) is 53.0 Å². The lowest BCUT2D eigenvalue weighted by atomic mass is 9.87. The van der Waals surface area contributed by atoms with Gasteiger partial charge in [-0.25, -0.2) is 0 Å². The molecule has 1 unspecified atom stereocenters. The molecule has 1 aliphatic rings. The van der Waals surface area contributed by atoms with Crippen LogP contribution in [0.2, 0.25) is 0 Å². The Morgan fingerprint density at radius 3 is 2.43 bits per heavy atom. The standard InChI is InChI=1S/C19H31NO/c1-6-16-11-12-20(14-16)13-15(2)21-18-9-7-17(8-10-18)19(3,4)5/h7-10,15-16H,6,11-14H2,1-5H3/t15?,16-/m0/s1. The summed E-state index contributed by atoms with van der Waals surface area (Å²) < 4.78 is 6.07. The van der Waals surface area contributed by atoms with E-state index in [0.717, 1.165) is 18.2 Å². The van der Waals surface area contributed by atoms with Crippen molar-refractivity contribution in [1.82, 2.24) is 4.90 Å². The lowest BCUT2D eigenvalue weighted by molar-refractivity contribution is 0.159. The Bertz CT molecular complexity index is 432. The minimum absolute atomic E-state index is 0.203. The predicted octanol–water partition coefficient (Wildman–Crippen LogP) is 4.48. The summed E-state index contributed by atoms with van der Waals surface area (Å²) in [5, 5.41) is 0. The zero-order chi connectivity index (χ0) is 15.5. The molecular formula is C19H31NO. The lowest BCUT2D eigenvalue weighted by Gasteiger charge is -2.23. The van der Waals surface area contributed by atoms with Crippen LogP contribution in [0.25, 0.3) is 0 Å². The number of nitrogens with zero attached hydrogens (tertiary/aromatic N) is 1. The summed E-state index contributed by atoms with van der Waals surface area (Å²) in [6.45, 7) is 14.7. The van der Waals surface area contributed by atoms with Crippen LogP contribution in [0.5, 0.6) is 5.75 Å². The first kappa shape index (κ1) is 16.4. The van der Waals surface area contributed by atoms with Gasteiger partial charge in [0.2, 0.25) is 0 Å². The van der Waals surface area contributed by atoms with Crippen LogP contribution in [-0.4, -0.2) is 30.6 Å². The highest BCUT2D eigenvalue weighted by Gasteiger charge is 2.22. The quantitative estimate of drug-likeness (QED) is 0.792. The van der Waals surface area contributed by atoms with Gasteiger partial charge in [0, 0.05) is 13.1 Å². The molecule has 1 fully saturated rings. The molecular weight excluding hydrogens is 258 g/mol. The summed E-state index contributed by atoms with van der Waals surface area (Å²) in [5.41, 5.74) is 1.56. The van der Waals surface area contributed by atoms with E-state index in [2.05, 4.69) is 63.8 Å². The number of ether oxygens (including phenoxy) is 1. The highest BCUT2D eigenvalue weighted by Crippen LogP contribution is 2.25. The van der Waals surface area contributed by atoms with Crippen LogP contribution >= 0.6 is 0 Å². The molecule has 0 aliphatic carbocycles. The Morgan fingerprint density at radius 1 is 1.24 bits per heavy atom. The number of hydrogen-bond acceptors (Lipinski definition) is 2. The van der Waals surface area contributed by atoms with Crippen molar-refractivity contribution in [2.45, 2.75) is 59.0 Å². The molecule has 1 aromatic rings. The van der Waals surface area contributed by atoms with E-state index < -0.39 is 0 Å². The zero-order valence-electron chi connectivity index (χ0n) is 14.4. The summed E-state index contributed by atoms with van der Waals surface area (Å²) in [6, 6.07) is 8.59. The molecule has 1 saturated heterocycles. The summed E-state index contributed by atoms with van der Waals surface area (Å²) in [7, 11) is 0. The molecule has 118 valence electrons. The first-order valence-electron chi connectivity index (χ1n) is 8.38. The second-order valence-electron chi connectivity index (χ2n) is 7.53. The van der Waals surface area contributed by atoms with Crippen molar-refractivity contribution in [3.05, 3.63) is 29.8 Å². The first-order chi connectivity index (χ1) is 9.88. The fourth-order valence-corrected chi connectivity index (χ4v) is 3.08. The largest absolute Gasteiger partial charge is 0.489 e.